The molecule has 0 aromatic heterocycles. The molecule has 0 saturated heterocycles. The Hall–Kier alpha value is -1.50. The molecule has 0 aliphatic heterocycles. The normalized spacial score (nSPS) is 12.0. The van der Waals surface area contributed by atoms with Crippen LogP contribution < -0.4 is 5.32 Å². The van der Waals surface area contributed by atoms with Gasteiger partial charge in [0.05, 0.1) is 139 Å². The highest BCUT2D eigenvalue weighted by Crippen LogP contribution is 2.00. The van der Waals surface area contributed by atoms with E-state index in [0.29, 0.717) is 158 Å². The van der Waals surface area contributed by atoms with Crippen LogP contribution in [-0.2, 0) is 61.7 Å². The van der Waals surface area contributed by atoms with Crippen LogP contribution in [0.5, 0.6) is 0 Å². The molecule has 15 nitrogen and oxygen atoms in total. The van der Waals surface area contributed by atoms with E-state index in [2.05, 4.69) is 19.2 Å². The molecule has 0 bridgehead atoms. The molecule has 15 heteroatoms. The van der Waals surface area contributed by atoms with Crippen LogP contribution in [0.1, 0.15) is 39.5 Å². The Kier molecular flexibility index (Phi) is 37.7. The van der Waals surface area contributed by atoms with Crippen LogP contribution in [0.4, 0.5) is 0 Å². The lowest BCUT2D eigenvalue weighted by atomic mass is 10.1. The van der Waals surface area contributed by atoms with Crippen molar-refractivity contribution in [3.8, 4) is 0 Å². The van der Waals surface area contributed by atoms with Gasteiger partial charge in [-0.25, -0.2) is 0 Å². The summed E-state index contributed by atoms with van der Waals surface area (Å²) >= 11 is 0. The molecule has 0 spiro atoms. The van der Waals surface area contributed by atoms with Gasteiger partial charge in [0.15, 0.2) is 0 Å². The summed E-state index contributed by atoms with van der Waals surface area (Å²) in [6.45, 7) is 16.2. The topological polar surface area (TPSA) is 168 Å². The van der Waals surface area contributed by atoms with Crippen molar-refractivity contribution < 1.29 is 66.8 Å². The highest BCUT2D eigenvalue weighted by atomic mass is 16.6. The van der Waals surface area contributed by atoms with Crippen molar-refractivity contribution in [1.29, 1.82) is 0 Å². The summed E-state index contributed by atoms with van der Waals surface area (Å²) in [5.74, 6) is -0.657. The fraction of sp³-hybridized carbons (Fsp3) is 0.938. The molecule has 1 amide bonds. The Labute approximate surface area is 281 Å². The SMILES string of the molecule is CCC(C)COCCOCCOCCOCCOCCOCCOCCOCCOCCOCCOCCCNC(=O)CCC(=O)O. The molecule has 1 atom stereocenters. The third-order valence-electron chi connectivity index (χ3n) is 6.17. The van der Waals surface area contributed by atoms with Gasteiger partial charge >= 0.3 is 5.97 Å². The maximum Gasteiger partial charge on any atom is 0.303 e. The summed E-state index contributed by atoms with van der Waals surface area (Å²) in [4.78, 5) is 21.8. The Morgan fingerprint density at radius 1 is 0.489 bits per heavy atom. The minimum absolute atomic E-state index is 0.00907. The van der Waals surface area contributed by atoms with Crippen molar-refractivity contribution in [2.75, 3.05) is 152 Å². The number of carbonyl (C=O) groups excluding carboxylic acids is 1. The van der Waals surface area contributed by atoms with E-state index in [0.717, 1.165) is 13.0 Å². The first-order chi connectivity index (χ1) is 23.1. The van der Waals surface area contributed by atoms with Gasteiger partial charge in [-0.15, -0.1) is 0 Å². The molecule has 0 aliphatic carbocycles. The minimum atomic E-state index is -0.982. The van der Waals surface area contributed by atoms with Gasteiger partial charge in [0, 0.05) is 26.2 Å². The van der Waals surface area contributed by atoms with E-state index in [1.807, 2.05) is 0 Å². The van der Waals surface area contributed by atoms with Crippen LogP contribution in [0.25, 0.3) is 0 Å². The standard InChI is InChI=1S/C32H63NO14/c1-3-30(2)29-47-28-27-46-26-25-45-24-23-44-22-21-43-20-19-42-18-17-41-16-15-40-14-13-39-12-11-38-10-9-37-8-4-7-33-31(34)5-6-32(35)36/h30H,3-29H2,1-2H3,(H,33,34)(H,35,36). The number of carboxylic acid groups (broad SMARTS) is 1. The van der Waals surface area contributed by atoms with Gasteiger partial charge in [0.1, 0.15) is 0 Å². The monoisotopic (exact) mass is 685 g/mol. The second-order valence-electron chi connectivity index (χ2n) is 10.3. The van der Waals surface area contributed by atoms with Gasteiger partial charge in [0.25, 0.3) is 0 Å². The van der Waals surface area contributed by atoms with E-state index in [9.17, 15) is 9.59 Å². The van der Waals surface area contributed by atoms with Crippen molar-refractivity contribution in [2.45, 2.75) is 39.5 Å². The maximum absolute atomic E-state index is 11.4. The molecule has 0 aromatic rings. The quantitative estimate of drug-likeness (QED) is 0.0893. The number of aliphatic carboxylic acids is 1. The number of hydrogen-bond acceptors (Lipinski definition) is 13. The summed E-state index contributed by atoms with van der Waals surface area (Å²) in [7, 11) is 0. The Morgan fingerprint density at radius 2 is 0.787 bits per heavy atom. The average molecular weight is 686 g/mol. The first-order valence-corrected chi connectivity index (χ1v) is 16.9. The second-order valence-corrected chi connectivity index (χ2v) is 10.3. The molecular formula is C32H63NO14. The Bertz CT molecular complexity index is 661. The molecule has 47 heavy (non-hydrogen) atoms. The second kappa shape index (κ2) is 38.9. The van der Waals surface area contributed by atoms with Crippen molar-refractivity contribution >= 4 is 11.9 Å². The van der Waals surface area contributed by atoms with E-state index in [-0.39, 0.29) is 18.7 Å². The maximum atomic E-state index is 11.4. The van der Waals surface area contributed by atoms with E-state index >= 15 is 0 Å². The predicted octanol–water partition coefficient (Wildman–Crippen LogP) is 1.59. The molecule has 0 aromatic carbocycles. The number of carboxylic acids is 1. The van der Waals surface area contributed by atoms with Gasteiger partial charge in [-0.2, -0.15) is 0 Å². The van der Waals surface area contributed by atoms with Gasteiger partial charge in [-0.3, -0.25) is 9.59 Å². The molecule has 2 N–H and O–H groups in total. The third kappa shape index (κ3) is 40.6. The number of nitrogens with one attached hydrogen (secondary N) is 1. The van der Waals surface area contributed by atoms with Crippen LogP contribution >= 0.6 is 0 Å². The molecular weight excluding hydrogens is 622 g/mol. The van der Waals surface area contributed by atoms with Crippen molar-refractivity contribution in [3.05, 3.63) is 0 Å². The lowest BCUT2D eigenvalue weighted by Crippen LogP contribution is -2.25. The fourth-order valence-electron chi connectivity index (χ4n) is 3.31. The first-order valence-electron chi connectivity index (χ1n) is 16.9. The number of ether oxygens (including phenoxy) is 11. The summed E-state index contributed by atoms with van der Waals surface area (Å²) in [5.41, 5.74) is 0. The van der Waals surface area contributed by atoms with Crippen LogP contribution in [0, 0.1) is 5.92 Å². The first kappa shape index (κ1) is 45.5. The summed E-state index contributed by atoms with van der Waals surface area (Å²) in [5, 5.41) is 11.2. The van der Waals surface area contributed by atoms with Crippen LogP contribution in [0.3, 0.4) is 0 Å². The smallest absolute Gasteiger partial charge is 0.303 e. The fourth-order valence-corrected chi connectivity index (χ4v) is 3.31. The summed E-state index contributed by atoms with van der Waals surface area (Å²) < 4.78 is 60.1. The van der Waals surface area contributed by atoms with E-state index < -0.39 is 5.97 Å². The molecule has 0 radical (unpaired) electrons. The lowest BCUT2D eigenvalue weighted by Gasteiger charge is -2.10. The average Bonchev–Trinajstić information content (AvgIpc) is 3.06. The van der Waals surface area contributed by atoms with E-state index in [1.54, 1.807) is 0 Å². The van der Waals surface area contributed by atoms with Crippen molar-refractivity contribution in [2.24, 2.45) is 5.92 Å². The lowest BCUT2D eigenvalue weighted by molar-refractivity contribution is -0.138. The molecule has 0 aliphatic rings. The zero-order valence-electron chi connectivity index (χ0n) is 28.9. The molecule has 280 valence electrons. The van der Waals surface area contributed by atoms with Crippen LogP contribution in [0.15, 0.2) is 0 Å². The van der Waals surface area contributed by atoms with E-state index in [1.165, 1.54) is 0 Å². The predicted molar refractivity (Wildman–Crippen MR) is 173 cm³/mol. The molecule has 0 heterocycles. The van der Waals surface area contributed by atoms with Gasteiger partial charge in [-0.05, 0) is 12.3 Å². The van der Waals surface area contributed by atoms with Crippen LogP contribution in [0.2, 0.25) is 0 Å². The summed E-state index contributed by atoms with van der Waals surface area (Å²) in [6, 6.07) is 0. The highest BCUT2D eigenvalue weighted by Gasteiger charge is 2.04. The van der Waals surface area contributed by atoms with E-state index in [4.69, 9.17) is 57.2 Å². The molecule has 0 fully saturated rings. The minimum Gasteiger partial charge on any atom is -0.481 e. The number of carbonyl (C=O) groups is 2. The molecule has 0 rings (SSSR count). The van der Waals surface area contributed by atoms with Crippen molar-refractivity contribution in [1.82, 2.24) is 5.32 Å². The Morgan fingerprint density at radius 3 is 1.09 bits per heavy atom. The zero-order chi connectivity index (χ0) is 34.3. The highest BCUT2D eigenvalue weighted by molar-refractivity contribution is 5.80. The number of hydrogen-bond donors (Lipinski definition) is 2. The van der Waals surface area contributed by atoms with Crippen LogP contribution in [-0.4, -0.2) is 169 Å². The van der Waals surface area contributed by atoms with Crippen molar-refractivity contribution in [3.63, 3.8) is 0 Å². The number of amides is 1. The Balaban J connectivity index is 3.09. The third-order valence-corrected chi connectivity index (χ3v) is 6.17. The largest absolute Gasteiger partial charge is 0.481 e. The molecule has 0 saturated carbocycles. The number of rotatable bonds is 40. The zero-order valence-corrected chi connectivity index (χ0v) is 28.9. The molecule has 1 unspecified atom stereocenters. The van der Waals surface area contributed by atoms with Gasteiger partial charge < -0.3 is 62.5 Å². The summed E-state index contributed by atoms with van der Waals surface area (Å²) in [6.07, 6.45) is 1.61. The van der Waals surface area contributed by atoms with Gasteiger partial charge in [-0.1, -0.05) is 20.3 Å². The van der Waals surface area contributed by atoms with Gasteiger partial charge in [0.2, 0.25) is 5.91 Å².